The second-order valence-electron chi connectivity index (χ2n) is 6.36. The summed E-state index contributed by atoms with van der Waals surface area (Å²) >= 11 is 0. The van der Waals surface area contributed by atoms with Gasteiger partial charge in [-0.05, 0) is 31.3 Å². The molecule has 0 saturated carbocycles. The number of carbonyl (C=O) groups excluding carboxylic acids is 1. The third-order valence-electron chi connectivity index (χ3n) is 4.37. The van der Waals surface area contributed by atoms with Crippen LogP contribution in [0.25, 0.3) is 10.9 Å². The zero-order valence-electron chi connectivity index (χ0n) is 14.6. The highest BCUT2D eigenvalue weighted by atomic mass is 16.1. The molecule has 1 amide bonds. The molecular weight excluding hydrogens is 310 g/mol. The Bertz CT molecular complexity index is 841. The number of para-hydroxylation sites is 1. The SMILES string of the molecule is CN(C)C(CNC(=O)Cc1cccc2cccnc12)c1ccccc1. The van der Waals surface area contributed by atoms with E-state index in [-0.39, 0.29) is 11.9 Å². The van der Waals surface area contributed by atoms with Gasteiger partial charge in [-0.15, -0.1) is 0 Å². The van der Waals surface area contributed by atoms with Gasteiger partial charge in [-0.3, -0.25) is 9.78 Å². The molecule has 0 aliphatic carbocycles. The second kappa shape index (κ2) is 7.90. The van der Waals surface area contributed by atoms with Crippen LogP contribution in [0.2, 0.25) is 0 Å². The number of aromatic nitrogens is 1. The normalized spacial score (nSPS) is 12.3. The van der Waals surface area contributed by atoms with Crippen molar-refractivity contribution >= 4 is 16.8 Å². The molecule has 1 unspecified atom stereocenters. The number of amides is 1. The maximum Gasteiger partial charge on any atom is 0.224 e. The average Bonchev–Trinajstić information content (AvgIpc) is 2.63. The molecule has 0 saturated heterocycles. The molecule has 4 heteroatoms. The molecule has 25 heavy (non-hydrogen) atoms. The van der Waals surface area contributed by atoms with Gasteiger partial charge in [0, 0.05) is 18.1 Å². The number of benzene rings is 2. The summed E-state index contributed by atoms with van der Waals surface area (Å²) in [6, 6.07) is 20.3. The summed E-state index contributed by atoms with van der Waals surface area (Å²) in [5.74, 6) is 0.0148. The quantitative estimate of drug-likeness (QED) is 0.753. The Hall–Kier alpha value is -2.72. The molecule has 0 radical (unpaired) electrons. The van der Waals surface area contributed by atoms with E-state index in [0.717, 1.165) is 16.5 Å². The first-order valence-corrected chi connectivity index (χ1v) is 8.46. The summed E-state index contributed by atoms with van der Waals surface area (Å²) < 4.78 is 0. The van der Waals surface area contributed by atoms with E-state index in [4.69, 9.17) is 0 Å². The van der Waals surface area contributed by atoms with Crippen LogP contribution in [0.3, 0.4) is 0 Å². The third-order valence-corrected chi connectivity index (χ3v) is 4.37. The highest BCUT2D eigenvalue weighted by molar-refractivity contribution is 5.87. The summed E-state index contributed by atoms with van der Waals surface area (Å²) in [6.07, 6.45) is 2.10. The van der Waals surface area contributed by atoms with Crippen LogP contribution < -0.4 is 5.32 Å². The lowest BCUT2D eigenvalue weighted by Gasteiger charge is -2.25. The Balaban J connectivity index is 1.67. The van der Waals surface area contributed by atoms with E-state index in [0.29, 0.717) is 13.0 Å². The fourth-order valence-corrected chi connectivity index (χ4v) is 3.03. The van der Waals surface area contributed by atoms with Crippen LogP contribution in [0.15, 0.2) is 66.9 Å². The minimum atomic E-state index is 0.0148. The van der Waals surface area contributed by atoms with E-state index in [1.54, 1.807) is 6.20 Å². The van der Waals surface area contributed by atoms with Crippen molar-refractivity contribution in [3.05, 3.63) is 78.0 Å². The average molecular weight is 333 g/mol. The zero-order chi connectivity index (χ0) is 17.6. The van der Waals surface area contributed by atoms with Gasteiger partial charge in [-0.2, -0.15) is 0 Å². The minimum absolute atomic E-state index is 0.0148. The molecule has 0 fully saturated rings. The molecule has 1 heterocycles. The van der Waals surface area contributed by atoms with E-state index in [2.05, 4.69) is 27.3 Å². The highest BCUT2D eigenvalue weighted by Crippen LogP contribution is 2.18. The fourth-order valence-electron chi connectivity index (χ4n) is 3.03. The van der Waals surface area contributed by atoms with Crippen molar-refractivity contribution in [2.24, 2.45) is 0 Å². The molecule has 3 rings (SSSR count). The lowest BCUT2D eigenvalue weighted by Crippen LogP contribution is -2.35. The van der Waals surface area contributed by atoms with Gasteiger partial charge in [0.25, 0.3) is 0 Å². The molecule has 4 nitrogen and oxygen atoms in total. The maximum atomic E-state index is 12.5. The maximum absolute atomic E-state index is 12.5. The minimum Gasteiger partial charge on any atom is -0.354 e. The molecule has 1 atom stereocenters. The molecule has 3 aromatic rings. The Morgan fingerprint density at radius 3 is 2.56 bits per heavy atom. The number of nitrogens with one attached hydrogen (secondary N) is 1. The van der Waals surface area contributed by atoms with Crippen molar-refractivity contribution in [2.45, 2.75) is 12.5 Å². The van der Waals surface area contributed by atoms with Gasteiger partial charge in [-0.25, -0.2) is 0 Å². The van der Waals surface area contributed by atoms with Gasteiger partial charge in [0.05, 0.1) is 18.0 Å². The van der Waals surface area contributed by atoms with Crippen molar-refractivity contribution in [3.63, 3.8) is 0 Å². The monoisotopic (exact) mass is 333 g/mol. The van der Waals surface area contributed by atoms with E-state index in [1.807, 2.05) is 62.6 Å². The number of carbonyl (C=O) groups is 1. The van der Waals surface area contributed by atoms with Crippen LogP contribution in [0.4, 0.5) is 0 Å². The van der Waals surface area contributed by atoms with Crippen molar-refractivity contribution in [3.8, 4) is 0 Å². The van der Waals surface area contributed by atoms with Gasteiger partial charge in [-0.1, -0.05) is 54.6 Å². The number of nitrogens with zero attached hydrogens (tertiary/aromatic N) is 2. The molecule has 2 aromatic carbocycles. The number of hydrogen-bond acceptors (Lipinski definition) is 3. The van der Waals surface area contributed by atoms with Crippen LogP contribution in [0.1, 0.15) is 17.2 Å². The largest absolute Gasteiger partial charge is 0.354 e. The fraction of sp³-hybridized carbons (Fsp3) is 0.238. The zero-order valence-corrected chi connectivity index (χ0v) is 14.6. The van der Waals surface area contributed by atoms with Crippen LogP contribution in [-0.4, -0.2) is 36.4 Å². The smallest absolute Gasteiger partial charge is 0.224 e. The van der Waals surface area contributed by atoms with E-state index >= 15 is 0 Å². The Labute approximate surface area is 148 Å². The third kappa shape index (κ3) is 4.22. The van der Waals surface area contributed by atoms with Crippen LogP contribution in [-0.2, 0) is 11.2 Å². The van der Waals surface area contributed by atoms with Crippen LogP contribution in [0, 0.1) is 0 Å². The van der Waals surface area contributed by atoms with Crippen LogP contribution >= 0.6 is 0 Å². The molecule has 0 bridgehead atoms. The van der Waals surface area contributed by atoms with Gasteiger partial charge in [0.2, 0.25) is 5.91 Å². The Kier molecular flexibility index (Phi) is 5.41. The predicted molar refractivity (Wildman–Crippen MR) is 101 cm³/mol. The van der Waals surface area contributed by atoms with Gasteiger partial charge >= 0.3 is 0 Å². The number of likely N-dealkylation sites (N-methyl/N-ethyl adjacent to an activating group) is 1. The van der Waals surface area contributed by atoms with E-state index in [1.165, 1.54) is 5.56 Å². The summed E-state index contributed by atoms with van der Waals surface area (Å²) in [5, 5.41) is 4.13. The second-order valence-corrected chi connectivity index (χ2v) is 6.36. The molecule has 1 aromatic heterocycles. The number of pyridine rings is 1. The standard InChI is InChI=1S/C21H23N3O/c1-24(2)19(16-8-4-3-5-9-16)15-23-20(25)14-18-11-6-10-17-12-7-13-22-21(17)18/h3-13,19H,14-15H2,1-2H3,(H,23,25). The molecule has 0 aliphatic heterocycles. The van der Waals surface area contributed by atoms with Crippen LogP contribution in [0.5, 0.6) is 0 Å². The Morgan fingerprint density at radius 1 is 1.04 bits per heavy atom. The molecule has 128 valence electrons. The molecule has 1 N–H and O–H groups in total. The first-order valence-electron chi connectivity index (χ1n) is 8.46. The molecule has 0 spiro atoms. The van der Waals surface area contributed by atoms with Gasteiger partial charge in [0.15, 0.2) is 0 Å². The van der Waals surface area contributed by atoms with Crippen molar-refractivity contribution < 1.29 is 4.79 Å². The lowest BCUT2D eigenvalue weighted by atomic mass is 10.0. The van der Waals surface area contributed by atoms with Gasteiger partial charge < -0.3 is 10.2 Å². The predicted octanol–water partition coefficient (Wildman–Crippen LogP) is 3.20. The number of rotatable bonds is 6. The van der Waals surface area contributed by atoms with Crippen molar-refractivity contribution in [1.82, 2.24) is 15.2 Å². The lowest BCUT2D eigenvalue weighted by molar-refractivity contribution is -0.120. The first-order chi connectivity index (χ1) is 12.1. The summed E-state index contributed by atoms with van der Waals surface area (Å²) in [7, 11) is 4.05. The summed E-state index contributed by atoms with van der Waals surface area (Å²) in [6.45, 7) is 0.577. The molecular formula is C21H23N3O. The number of hydrogen-bond donors (Lipinski definition) is 1. The van der Waals surface area contributed by atoms with E-state index < -0.39 is 0 Å². The topological polar surface area (TPSA) is 45.2 Å². The first kappa shape index (κ1) is 17.1. The summed E-state index contributed by atoms with van der Waals surface area (Å²) in [5.41, 5.74) is 3.05. The van der Waals surface area contributed by atoms with E-state index in [9.17, 15) is 4.79 Å². The molecule has 0 aliphatic rings. The van der Waals surface area contributed by atoms with Gasteiger partial charge in [0.1, 0.15) is 0 Å². The van der Waals surface area contributed by atoms with Crippen molar-refractivity contribution in [1.29, 1.82) is 0 Å². The van der Waals surface area contributed by atoms with Crippen molar-refractivity contribution in [2.75, 3.05) is 20.6 Å². The number of fused-ring (bicyclic) bond motifs is 1. The summed E-state index contributed by atoms with van der Waals surface area (Å²) in [4.78, 5) is 19.0. The highest BCUT2D eigenvalue weighted by Gasteiger charge is 2.15. The Morgan fingerprint density at radius 2 is 1.80 bits per heavy atom.